The molecule has 0 aliphatic carbocycles. The molecule has 7 heteroatoms. The number of halogens is 1. The van der Waals surface area contributed by atoms with E-state index < -0.39 is 11.9 Å². The molecule has 23 heavy (non-hydrogen) atoms. The second-order valence-corrected chi connectivity index (χ2v) is 5.72. The van der Waals surface area contributed by atoms with E-state index in [1.807, 2.05) is 11.6 Å². The van der Waals surface area contributed by atoms with Gasteiger partial charge in [-0.3, -0.25) is 4.79 Å². The average Bonchev–Trinajstić information content (AvgIpc) is 2.86. The molecule has 0 spiro atoms. The minimum atomic E-state index is -0.698. The molecule has 2 unspecified atom stereocenters. The SMILES string of the molecule is Cc1nc2n(n1)CC(NC(=O)C(C)Oc1cccc(F)c1)CC2. The zero-order valence-electron chi connectivity index (χ0n) is 13.1. The third-order valence-electron chi connectivity index (χ3n) is 3.79. The summed E-state index contributed by atoms with van der Waals surface area (Å²) in [7, 11) is 0. The van der Waals surface area contributed by atoms with Crippen LogP contribution in [0.1, 0.15) is 25.0 Å². The van der Waals surface area contributed by atoms with Crippen molar-refractivity contribution in [3.8, 4) is 5.75 Å². The molecule has 1 aliphatic rings. The van der Waals surface area contributed by atoms with Crippen LogP contribution in [-0.2, 0) is 17.8 Å². The fraction of sp³-hybridized carbons (Fsp3) is 0.438. The molecule has 1 N–H and O–H groups in total. The molecule has 2 aromatic rings. The number of carbonyl (C=O) groups is 1. The maximum Gasteiger partial charge on any atom is 0.261 e. The fourth-order valence-corrected chi connectivity index (χ4v) is 2.67. The predicted octanol–water partition coefficient (Wildman–Crippen LogP) is 1.62. The summed E-state index contributed by atoms with van der Waals surface area (Å²) in [6, 6.07) is 5.75. The second-order valence-electron chi connectivity index (χ2n) is 5.72. The van der Waals surface area contributed by atoms with Gasteiger partial charge in [0.2, 0.25) is 0 Å². The summed E-state index contributed by atoms with van der Waals surface area (Å²) in [6.07, 6.45) is 0.900. The van der Waals surface area contributed by atoms with E-state index in [0.717, 1.165) is 24.5 Å². The Morgan fingerprint density at radius 3 is 3.13 bits per heavy atom. The maximum atomic E-state index is 13.1. The van der Waals surface area contributed by atoms with Crippen LogP contribution in [-0.4, -0.2) is 32.8 Å². The number of hydrogen-bond donors (Lipinski definition) is 1. The minimum absolute atomic E-state index is 0.00494. The molecule has 0 fully saturated rings. The Bertz CT molecular complexity index is 716. The molecule has 0 radical (unpaired) electrons. The van der Waals surface area contributed by atoms with E-state index in [1.165, 1.54) is 12.1 Å². The Kier molecular flexibility index (Phi) is 4.27. The van der Waals surface area contributed by atoms with Crippen LogP contribution in [0.3, 0.4) is 0 Å². The number of nitrogens with one attached hydrogen (secondary N) is 1. The van der Waals surface area contributed by atoms with Crippen LogP contribution in [0.4, 0.5) is 4.39 Å². The van der Waals surface area contributed by atoms with Gasteiger partial charge < -0.3 is 10.1 Å². The molecule has 1 amide bonds. The van der Waals surface area contributed by atoms with Gasteiger partial charge in [-0.1, -0.05) is 6.07 Å². The molecule has 6 nitrogen and oxygen atoms in total. The summed E-state index contributed by atoms with van der Waals surface area (Å²) in [5.41, 5.74) is 0. The van der Waals surface area contributed by atoms with Crippen LogP contribution in [0.25, 0.3) is 0 Å². The maximum absolute atomic E-state index is 13.1. The number of ether oxygens (including phenoxy) is 1. The number of benzene rings is 1. The normalized spacial score (nSPS) is 18.1. The lowest BCUT2D eigenvalue weighted by Gasteiger charge is -2.25. The Morgan fingerprint density at radius 2 is 2.35 bits per heavy atom. The van der Waals surface area contributed by atoms with Gasteiger partial charge in [0, 0.05) is 18.5 Å². The third-order valence-corrected chi connectivity index (χ3v) is 3.79. The summed E-state index contributed by atoms with van der Waals surface area (Å²) in [6.45, 7) is 4.11. The molecule has 0 bridgehead atoms. The summed E-state index contributed by atoms with van der Waals surface area (Å²) < 4.78 is 20.5. The monoisotopic (exact) mass is 318 g/mol. The zero-order valence-corrected chi connectivity index (χ0v) is 13.1. The first-order chi connectivity index (χ1) is 11.0. The Balaban J connectivity index is 1.57. The number of fused-ring (bicyclic) bond motifs is 1. The first kappa shape index (κ1) is 15.5. The first-order valence-corrected chi connectivity index (χ1v) is 7.64. The molecule has 2 heterocycles. The van der Waals surface area contributed by atoms with Crippen LogP contribution < -0.4 is 10.1 Å². The first-order valence-electron chi connectivity index (χ1n) is 7.64. The van der Waals surface area contributed by atoms with E-state index >= 15 is 0 Å². The smallest absolute Gasteiger partial charge is 0.261 e. The van der Waals surface area contributed by atoms with E-state index in [4.69, 9.17) is 4.74 Å². The quantitative estimate of drug-likeness (QED) is 0.930. The summed E-state index contributed by atoms with van der Waals surface area (Å²) >= 11 is 0. The summed E-state index contributed by atoms with van der Waals surface area (Å²) in [5, 5.41) is 7.27. The van der Waals surface area contributed by atoms with Crippen molar-refractivity contribution in [2.75, 3.05) is 0 Å². The number of aromatic nitrogens is 3. The van der Waals surface area contributed by atoms with Gasteiger partial charge in [0.05, 0.1) is 6.54 Å². The van der Waals surface area contributed by atoms with E-state index in [0.29, 0.717) is 12.3 Å². The van der Waals surface area contributed by atoms with Crippen LogP contribution >= 0.6 is 0 Å². The van der Waals surface area contributed by atoms with Crippen LogP contribution in [0.15, 0.2) is 24.3 Å². The molecular weight excluding hydrogens is 299 g/mol. The van der Waals surface area contributed by atoms with Gasteiger partial charge in [-0.2, -0.15) is 5.10 Å². The third kappa shape index (κ3) is 3.67. The molecule has 3 rings (SSSR count). The van der Waals surface area contributed by atoms with Crippen molar-refractivity contribution < 1.29 is 13.9 Å². The number of aryl methyl sites for hydroxylation is 2. The van der Waals surface area contributed by atoms with Gasteiger partial charge in [0.1, 0.15) is 23.2 Å². The second kappa shape index (κ2) is 6.36. The van der Waals surface area contributed by atoms with Gasteiger partial charge in [-0.15, -0.1) is 0 Å². The van der Waals surface area contributed by atoms with Gasteiger partial charge in [0.25, 0.3) is 5.91 Å². The summed E-state index contributed by atoms with van der Waals surface area (Å²) in [4.78, 5) is 16.6. The number of amides is 1. The molecule has 2 atom stereocenters. The minimum Gasteiger partial charge on any atom is -0.481 e. The van der Waals surface area contributed by atoms with Crippen molar-refractivity contribution in [3.63, 3.8) is 0 Å². The number of carbonyl (C=O) groups excluding carboxylic acids is 1. The molecule has 1 aliphatic heterocycles. The van der Waals surface area contributed by atoms with Gasteiger partial charge in [-0.25, -0.2) is 14.1 Å². The highest BCUT2D eigenvalue weighted by Crippen LogP contribution is 2.15. The lowest BCUT2D eigenvalue weighted by Crippen LogP contribution is -2.46. The van der Waals surface area contributed by atoms with Gasteiger partial charge in [0.15, 0.2) is 6.10 Å². The largest absolute Gasteiger partial charge is 0.481 e. The molecule has 1 aromatic carbocycles. The van der Waals surface area contributed by atoms with E-state index in [1.54, 1.807) is 19.1 Å². The fourth-order valence-electron chi connectivity index (χ4n) is 2.67. The van der Waals surface area contributed by atoms with Crippen molar-refractivity contribution in [1.29, 1.82) is 0 Å². The zero-order chi connectivity index (χ0) is 16.4. The predicted molar refractivity (Wildman–Crippen MR) is 81.5 cm³/mol. The molecule has 1 aromatic heterocycles. The topological polar surface area (TPSA) is 69.0 Å². The molecule has 0 saturated carbocycles. The highest BCUT2D eigenvalue weighted by atomic mass is 19.1. The molecular formula is C16H19FN4O2. The van der Waals surface area contributed by atoms with Gasteiger partial charge >= 0.3 is 0 Å². The summed E-state index contributed by atoms with van der Waals surface area (Å²) in [5.74, 6) is 1.42. The van der Waals surface area contributed by atoms with E-state index in [-0.39, 0.29) is 11.9 Å². The number of hydrogen-bond acceptors (Lipinski definition) is 4. The Labute approximate surface area is 133 Å². The lowest BCUT2D eigenvalue weighted by molar-refractivity contribution is -0.128. The van der Waals surface area contributed by atoms with Crippen molar-refractivity contribution in [2.45, 2.75) is 45.4 Å². The van der Waals surface area contributed by atoms with Crippen molar-refractivity contribution in [2.24, 2.45) is 0 Å². The van der Waals surface area contributed by atoms with Crippen LogP contribution in [0.5, 0.6) is 5.75 Å². The van der Waals surface area contributed by atoms with Crippen molar-refractivity contribution in [3.05, 3.63) is 41.7 Å². The van der Waals surface area contributed by atoms with E-state index in [9.17, 15) is 9.18 Å². The number of nitrogens with zero attached hydrogens (tertiary/aromatic N) is 3. The Morgan fingerprint density at radius 1 is 1.52 bits per heavy atom. The van der Waals surface area contributed by atoms with Crippen molar-refractivity contribution >= 4 is 5.91 Å². The standard InChI is InChI=1S/C16H19FN4O2/c1-10(23-14-5-3-4-12(17)8-14)16(22)19-13-6-7-15-18-11(2)20-21(15)9-13/h3-5,8,10,13H,6-7,9H2,1-2H3,(H,19,22). The highest BCUT2D eigenvalue weighted by Gasteiger charge is 2.24. The van der Waals surface area contributed by atoms with Gasteiger partial charge in [-0.05, 0) is 32.4 Å². The Hall–Kier alpha value is -2.44. The molecule has 122 valence electrons. The van der Waals surface area contributed by atoms with E-state index in [2.05, 4.69) is 15.4 Å². The average molecular weight is 318 g/mol. The van der Waals surface area contributed by atoms with Crippen LogP contribution in [0.2, 0.25) is 0 Å². The van der Waals surface area contributed by atoms with Crippen molar-refractivity contribution in [1.82, 2.24) is 20.1 Å². The number of rotatable bonds is 4. The highest BCUT2D eigenvalue weighted by molar-refractivity contribution is 5.81. The van der Waals surface area contributed by atoms with Crippen LogP contribution in [0, 0.1) is 12.7 Å². The lowest BCUT2D eigenvalue weighted by atomic mass is 10.1. The molecule has 0 saturated heterocycles.